The summed E-state index contributed by atoms with van der Waals surface area (Å²) in [6.07, 6.45) is 10.4. The molecule has 3 saturated carbocycles. The van der Waals surface area contributed by atoms with Gasteiger partial charge in [-0.2, -0.15) is 0 Å². The molecule has 0 aromatic heterocycles. The molecule has 4 heteroatoms. The molecule has 0 heterocycles. The van der Waals surface area contributed by atoms with Crippen molar-refractivity contribution in [2.45, 2.75) is 83.3 Å². The predicted molar refractivity (Wildman–Crippen MR) is 105 cm³/mol. The summed E-state index contributed by atoms with van der Waals surface area (Å²) in [5.74, 6) is 7.03. The van der Waals surface area contributed by atoms with Gasteiger partial charge in [0, 0.05) is 6.42 Å². The van der Waals surface area contributed by atoms with Crippen molar-refractivity contribution in [3.05, 3.63) is 11.6 Å². The normalized spacial score (nSPS) is 36.3. The number of aliphatic hydroxyl groups is 2. The number of carboxylic acid groups (broad SMARTS) is 1. The molecule has 4 nitrogen and oxygen atoms in total. The van der Waals surface area contributed by atoms with E-state index in [1.54, 1.807) is 0 Å². The maximum absolute atomic E-state index is 10.8. The molecule has 2 unspecified atom stereocenters. The lowest BCUT2D eigenvalue weighted by atomic mass is 9.50. The lowest BCUT2D eigenvalue weighted by Crippen LogP contribution is -2.50. The molecule has 0 spiro atoms. The summed E-state index contributed by atoms with van der Waals surface area (Å²) in [5.41, 5.74) is 1.38. The van der Waals surface area contributed by atoms with Crippen LogP contribution >= 0.6 is 0 Å². The summed E-state index contributed by atoms with van der Waals surface area (Å²) in [7, 11) is 0. The van der Waals surface area contributed by atoms with Crippen LogP contribution in [-0.2, 0) is 4.79 Å². The van der Waals surface area contributed by atoms with Gasteiger partial charge in [-0.25, -0.2) is 0 Å². The Balaban J connectivity index is 1.69. The van der Waals surface area contributed by atoms with E-state index in [1.807, 2.05) is 0 Å². The fourth-order valence-electron chi connectivity index (χ4n) is 5.64. The van der Waals surface area contributed by atoms with Gasteiger partial charge in [0.15, 0.2) is 0 Å². The van der Waals surface area contributed by atoms with Crippen LogP contribution in [0.4, 0.5) is 0 Å². The van der Waals surface area contributed by atoms with Gasteiger partial charge in [-0.15, -0.1) is 0 Å². The van der Waals surface area contributed by atoms with Gasteiger partial charge in [-0.1, -0.05) is 49.7 Å². The Labute approximate surface area is 163 Å². The SMILES string of the molecule is CCC1/C(=C/CCC(=O)O)[C@H]2CC[C@@H](O)[C@H](C#CC(O)C3CCCCC3)[C@@H]12. The molecule has 27 heavy (non-hydrogen) atoms. The molecule has 3 rings (SSSR count). The number of fused-ring (bicyclic) bond motifs is 1. The predicted octanol–water partition coefficient (Wildman–Crippen LogP) is 3.77. The van der Waals surface area contributed by atoms with Crippen molar-refractivity contribution in [1.29, 1.82) is 0 Å². The second kappa shape index (κ2) is 9.26. The van der Waals surface area contributed by atoms with Crippen LogP contribution in [0.25, 0.3) is 0 Å². The number of carboxylic acids is 1. The van der Waals surface area contributed by atoms with E-state index in [-0.39, 0.29) is 18.3 Å². The Morgan fingerprint density at radius 1 is 1.22 bits per heavy atom. The zero-order valence-electron chi connectivity index (χ0n) is 16.4. The van der Waals surface area contributed by atoms with E-state index in [4.69, 9.17) is 5.11 Å². The van der Waals surface area contributed by atoms with Crippen LogP contribution < -0.4 is 0 Å². The van der Waals surface area contributed by atoms with Crippen molar-refractivity contribution in [3.63, 3.8) is 0 Å². The fraction of sp³-hybridized carbons (Fsp3) is 0.783. The van der Waals surface area contributed by atoms with Crippen LogP contribution in [-0.4, -0.2) is 33.5 Å². The number of rotatable bonds is 5. The minimum Gasteiger partial charge on any atom is -0.481 e. The van der Waals surface area contributed by atoms with Gasteiger partial charge < -0.3 is 15.3 Å². The molecule has 6 atom stereocenters. The summed E-state index contributed by atoms with van der Waals surface area (Å²) in [6.45, 7) is 2.16. The first kappa shape index (κ1) is 20.4. The Hall–Kier alpha value is -1.31. The summed E-state index contributed by atoms with van der Waals surface area (Å²) >= 11 is 0. The van der Waals surface area contributed by atoms with Crippen LogP contribution in [0.1, 0.15) is 71.1 Å². The number of aliphatic carboxylic acids is 1. The van der Waals surface area contributed by atoms with Crippen molar-refractivity contribution in [3.8, 4) is 11.8 Å². The van der Waals surface area contributed by atoms with Crippen molar-refractivity contribution in [1.82, 2.24) is 0 Å². The molecular weight excluding hydrogens is 340 g/mol. The van der Waals surface area contributed by atoms with Crippen LogP contribution in [0.15, 0.2) is 11.6 Å². The molecule has 150 valence electrons. The quantitative estimate of drug-likeness (QED) is 0.506. The van der Waals surface area contributed by atoms with E-state index >= 15 is 0 Å². The first-order valence-electron chi connectivity index (χ1n) is 10.8. The van der Waals surface area contributed by atoms with E-state index in [0.29, 0.717) is 24.2 Å². The topological polar surface area (TPSA) is 77.8 Å². The maximum atomic E-state index is 10.8. The third-order valence-corrected chi connectivity index (χ3v) is 7.06. The molecule has 3 N–H and O–H groups in total. The number of hydrogen-bond acceptors (Lipinski definition) is 3. The van der Waals surface area contributed by atoms with Crippen molar-refractivity contribution in [2.75, 3.05) is 0 Å². The van der Waals surface area contributed by atoms with Crippen LogP contribution in [0.2, 0.25) is 0 Å². The highest BCUT2D eigenvalue weighted by Gasteiger charge is 2.52. The Morgan fingerprint density at radius 2 is 1.96 bits per heavy atom. The molecular formula is C23H34O4. The van der Waals surface area contributed by atoms with Crippen LogP contribution in [0.5, 0.6) is 0 Å². The molecule has 3 fully saturated rings. The van der Waals surface area contributed by atoms with E-state index in [0.717, 1.165) is 32.1 Å². The van der Waals surface area contributed by atoms with E-state index in [1.165, 1.54) is 24.8 Å². The van der Waals surface area contributed by atoms with Crippen molar-refractivity contribution in [2.24, 2.45) is 29.6 Å². The van der Waals surface area contributed by atoms with Gasteiger partial charge in [0.05, 0.1) is 12.0 Å². The molecule has 3 aliphatic rings. The van der Waals surface area contributed by atoms with Gasteiger partial charge in [0.1, 0.15) is 6.10 Å². The number of hydrogen-bond donors (Lipinski definition) is 3. The van der Waals surface area contributed by atoms with Crippen LogP contribution in [0.3, 0.4) is 0 Å². The van der Waals surface area contributed by atoms with Gasteiger partial charge in [-0.3, -0.25) is 4.79 Å². The Bertz CT molecular complexity index is 600. The maximum Gasteiger partial charge on any atom is 0.303 e. The molecule has 0 aromatic rings. The van der Waals surface area contributed by atoms with Gasteiger partial charge in [-0.05, 0) is 62.2 Å². The zero-order valence-corrected chi connectivity index (χ0v) is 16.4. The van der Waals surface area contributed by atoms with Crippen molar-refractivity contribution < 1.29 is 20.1 Å². The number of aliphatic hydroxyl groups excluding tert-OH is 2. The highest BCUT2D eigenvalue weighted by atomic mass is 16.4. The van der Waals surface area contributed by atoms with Gasteiger partial charge in [0.25, 0.3) is 0 Å². The highest BCUT2D eigenvalue weighted by Crippen LogP contribution is 2.57. The first-order chi connectivity index (χ1) is 13.0. The smallest absolute Gasteiger partial charge is 0.303 e. The summed E-state index contributed by atoms with van der Waals surface area (Å²) < 4.78 is 0. The number of allylic oxidation sites excluding steroid dienone is 2. The molecule has 0 radical (unpaired) electrons. The minimum absolute atomic E-state index is 0.0661. The molecule has 0 aliphatic heterocycles. The summed E-state index contributed by atoms with van der Waals surface area (Å²) in [6, 6.07) is 0. The second-order valence-electron chi connectivity index (χ2n) is 8.64. The molecule has 0 bridgehead atoms. The van der Waals surface area contributed by atoms with Crippen molar-refractivity contribution >= 4 is 5.97 Å². The van der Waals surface area contributed by atoms with E-state index < -0.39 is 18.2 Å². The van der Waals surface area contributed by atoms with Crippen LogP contribution in [0, 0.1) is 41.4 Å². The monoisotopic (exact) mass is 374 g/mol. The zero-order chi connectivity index (χ0) is 19.4. The first-order valence-corrected chi connectivity index (χ1v) is 10.8. The van der Waals surface area contributed by atoms with E-state index in [9.17, 15) is 15.0 Å². The molecule has 0 amide bonds. The second-order valence-corrected chi connectivity index (χ2v) is 8.64. The Morgan fingerprint density at radius 3 is 2.63 bits per heavy atom. The lowest BCUT2D eigenvalue weighted by Gasteiger charge is -2.54. The fourth-order valence-corrected chi connectivity index (χ4v) is 5.64. The highest BCUT2D eigenvalue weighted by molar-refractivity contribution is 5.66. The minimum atomic E-state index is -0.754. The average molecular weight is 375 g/mol. The Kier molecular flexibility index (Phi) is 7.00. The lowest BCUT2D eigenvalue weighted by molar-refractivity contribution is -0.136. The molecule has 3 aliphatic carbocycles. The molecule has 0 aromatic carbocycles. The summed E-state index contributed by atoms with van der Waals surface area (Å²) in [4.78, 5) is 10.8. The third-order valence-electron chi connectivity index (χ3n) is 7.06. The largest absolute Gasteiger partial charge is 0.481 e. The summed E-state index contributed by atoms with van der Waals surface area (Å²) in [5, 5.41) is 29.9. The van der Waals surface area contributed by atoms with Gasteiger partial charge in [0.2, 0.25) is 0 Å². The standard InChI is InChI=1S/C23H34O4/c1-2-16-17(9-6-10-22(26)27)18-11-14-21(25)19(23(16)18)12-13-20(24)15-7-4-3-5-8-15/h9,15-16,18-21,23-25H,2-8,10-11,14H2,1H3,(H,26,27)/b17-9-/t16?,18-,19+,20?,21-,23+/m1/s1. The van der Waals surface area contributed by atoms with Gasteiger partial charge >= 0.3 is 5.97 Å². The van der Waals surface area contributed by atoms with E-state index in [2.05, 4.69) is 24.8 Å². The number of carbonyl (C=O) groups is 1. The average Bonchev–Trinajstić information content (AvgIpc) is 2.65. The third kappa shape index (κ3) is 4.58. The molecule has 0 saturated heterocycles.